The number of thioether (sulfide) groups is 1. The molecule has 3 N–H and O–H groups in total. The summed E-state index contributed by atoms with van der Waals surface area (Å²) in [6.07, 6.45) is 3.17. The van der Waals surface area contributed by atoms with Gasteiger partial charge in [-0.2, -0.15) is 11.8 Å². The number of hydrogen-bond donors (Lipinski definition) is 2. The van der Waals surface area contributed by atoms with Crippen LogP contribution < -0.4 is 11.3 Å². The van der Waals surface area contributed by atoms with Crippen LogP contribution in [0.15, 0.2) is 18.2 Å². The summed E-state index contributed by atoms with van der Waals surface area (Å²) in [4.78, 5) is 12.7. The summed E-state index contributed by atoms with van der Waals surface area (Å²) in [6.45, 7) is 2.91. The average molecular weight is 298 g/mol. The summed E-state index contributed by atoms with van der Waals surface area (Å²) in [6, 6.07) is 5.50. The van der Waals surface area contributed by atoms with Gasteiger partial charge in [0.05, 0.1) is 4.92 Å². The topological polar surface area (TPSA) is 84.4 Å². The maximum atomic E-state index is 10.9. The van der Waals surface area contributed by atoms with Crippen molar-refractivity contribution >= 4 is 23.1 Å². The zero-order valence-corrected chi connectivity index (χ0v) is 12.9. The van der Waals surface area contributed by atoms with E-state index in [4.69, 9.17) is 5.84 Å². The minimum Gasteiger partial charge on any atom is -0.318 e. The normalized spacial score (nSPS) is 12.4. The van der Waals surface area contributed by atoms with E-state index < -0.39 is 4.92 Å². The molecule has 1 rings (SSSR count). The van der Waals surface area contributed by atoms with Crippen molar-refractivity contribution in [2.24, 2.45) is 5.84 Å². The van der Waals surface area contributed by atoms with Gasteiger partial charge in [-0.25, -0.2) is 0 Å². The predicted octanol–water partition coefficient (Wildman–Crippen LogP) is 2.45. The molecule has 0 fully saturated rings. The standard InChI is InChI=1S/C13H22N4O2S/c1-4-11(9-20-3)16(2)8-10-5-6-13(17(18)19)12(7-10)15-14/h5-7,11,15H,4,8-9,14H2,1-3H3. The number of nitrogen functional groups attached to an aromatic ring is 1. The van der Waals surface area contributed by atoms with E-state index in [2.05, 4.69) is 30.6 Å². The fraction of sp³-hybridized carbons (Fsp3) is 0.538. The Morgan fingerprint density at radius 3 is 2.75 bits per heavy atom. The second kappa shape index (κ2) is 8.08. The van der Waals surface area contributed by atoms with Crippen LogP contribution in [-0.4, -0.2) is 34.9 Å². The molecule has 0 aliphatic rings. The van der Waals surface area contributed by atoms with E-state index >= 15 is 0 Å². The summed E-state index contributed by atoms with van der Waals surface area (Å²) in [5.41, 5.74) is 3.74. The smallest absolute Gasteiger partial charge is 0.293 e. The molecule has 112 valence electrons. The first-order valence-corrected chi connectivity index (χ1v) is 7.86. The Morgan fingerprint density at radius 1 is 1.55 bits per heavy atom. The van der Waals surface area contributed by atoms with Gasteiger partial charge >= 0.3 is 0 Å². The Bertz CT molecular complexity index is 456. The van der Waals surface area contributed by atoms with E-state index in [-0.39, 0.29) is 5.69 Å². The lowest BCUT2D eigenvalue weighted by Gasteiger charge is -2.26. The van der Waals surface area contributed by atoms with Crippen LogP contribution in [0.1, 0.15) is 18.9 Å². The van der Waals surface area contributed by atoms with E-state index in [0.29, 0.717) is 11.7 Å². The van der Waals surface area contributed by atoms with Crippen molar-refractivity contribution in [3.05, 3.63) is 33.9 Å². The van der Waals surface area contributed by atoms with E-state index in [9.17, 15) is 10.1 Å². The molecule has 1 unspecified atom stereocenters. The molecule has 0 bridgehead atoms. The average Bonchev–Trinajstić information content (AvgIpc) is 2.44. The number of rotatable bonds is 8. The molecule has 0 radical (unpaired) electrons. The Kier molecular flexibility index (Phi) is 6.77. The number of nitro groups is 1. The van der Waals surface area contributed by atoms with Gasteiger partial charge < -0.3 is 5.43 Å². The van der Waals surface area contributed by atoms with Crippen LogP contribution in [0.2, 0.25) is 0 Å². The van der Waals surface area contributed by atoms with Gasteiger partial charge in [0.1, 0.15) is 5.69 Å². The summed E-state index contributed by atoms with van der Waals surface area (Å²) in [5, 5.41) is 10.9. The number of nitrogens with one attached hydrogen (secondary N) is 1. The summed E-state index contributed by atoms with van der Waals surface area (Å²) in [7, 11) is 2.07. The van der Waals surface area contributed by atoms with Crippen molar-refractivity contribution < 1.29 is 4.92 Å². The van der Waals surface area contributed by atoms with Gasteiger partial charge in [-0.05, 0) is 31.4 Å². The maximum Gasteiger partial charge on any atom is 0.293 e. The fourth-order valence-corrected chi connectivity index (χ4v) is 3.00. The first-order valence-electron chi connectivity index (χ1n) is 6.46. The van der Waals surface area contributed by atoms with Crippen molar-refractivity contribution in [2.75, 3.05) is 24.5 Å². The van der Waals surface area contributed by atoms with Crippen LogP contribution in [-0.2, 0) is 6.54 Å². The maximum absolute atomic E-state index is 10.9. The SMILES string of the molecule is CCC(CSC)N(C)Cc1ccc([N+](=O)[O-])c(NN)c1. The quantitative estimate of drug-likeness (QED) is 0.436. The molecule has 1 aromatic carbocycles. The lowest BCUT2D eigenvalue weighted by molar-refractivity contribution is -0.384. The molecule has 0 aromatic heterocycles. The summed E-state index contributed by atoms with van der Waals surface area (Å²) >= 11 is 1.82. The highest BCUT2D eigenvalue weighted by atomic mass is 32.2. The molecular weight excluding hydrogens is 276 g/mol. The van der Waals surface area contributed by atoms with E-state index in [1.54, 1.807) is 12.1 Å². The second-order valence-electron chi connectivity index (χ2n) is 4.69. The van der Waals surface area contributed by atoms with Gasteiger partial charge in [0.15, 0.2) is 0 Å². The Balaban J connectivity index is 2.85. The van der Waals surface area contributed by atoms with Crippen LogP contribution in [0.25, 0.3) is 0 Å². The van der Waals surface area contributed by atoms with Gasteiger partial charge in [-0.1, -0.05) is 13.0 Å². The number of nitrogens with two attached hydrogens (primary N) is 1. The van der Waals surface area contributed by atoms with Gasteiger partial charge in [-0.15, -0.1) is 0 Å². The van der Waals surface area contributed by atoms with Gasteiger partial charge in [0.25, 0.3) is 5.69 Å². The van der Waals surface area contributed by atoms with E-state index in [1.807, 2.05) is 11.8 Å². The first kappa shape index (κ1) is 16.7. The molecule has 0 heterocycles. The van der Waals surface area contributed by atoms with Gasteiger partial charge in [0, 0.05) is 24.4 Å². The molecule has 0 saturated carbocycles. The molecule has 20 heavy (non-hydrogen) atoms. The van der Waals surface area contributed by atoms with Crippen LogP contribution >= 0.6 is 11.8 Å². The number of nitro benzene ring substituents is 1. The number of nitrogens with zero attached hydrogens (tertiary/aromatic N) is 2. The molecule has 0 saturated heterocycles. The monoisotopic (exact) mass is 298 g/mol. The molecule has 7 heteroatoms. The number of hydrazine groups is 1. The zero-order chi connectivity index (χ0) is 15.1. The van der Waals surface area contributed by atoms with Crippen LogP contribution in [0, 0.1) is 10.1 Å². The molecule has 1 aromatic rings. The van der Waals surface area contributed by atoms with E-state index in [1.165, 1.54) is 6.07 Å². The van der Waals surface area contributed by atoms with E-state index in [0.717, 1.165) is 24.3 Å². The van der Waals surface area contributed by atoms with Crippen LogP contribution in [0.4, 0.5) is 11.4 Å². The molecule has 0 amide bonds. The molecular formula is C13H22N4O2S. The van der Waals surface area contributed by atoms with Crippen molar-refractivity contribution in [2.45, 2.75) is 25.9 Å². The van der Waals surface area contributed by atoms with Crippen molar-refractivity contribution in [1.82, 2.24) is 4.90 Å². The third-order valence-corrected chi connectivity index (χ3v) is 4.02. The fourth-order valence-electron chi connectivity index (χ4n) is 2.12. The molecule has 1 atom stereocenters. The third kappa shape index (κ3) is 4.36. The number of benzene rings is 1. The Morgan fingerprint density at radius 2 is 2.25 bits per heavy atom. The third-order valence-electron chi connectivity index (χ3n) is 3.30. The highest BCUT2D eigenvalue weighted by Crippen LogP contribution is 2.25. The lowest BCUT2D eigenvalue weighted by atomic mass is 10.1. The second-order valence-corrected chi connectivity index (χ2v) is 5.60. The van der Waals surface area contributed by atoms with Crippen molar-refractivity contribution in [3.8, 4) is 0 Å². The van der Waals surface area contributed by atoms with Crippen LogP contribution in [0.3, 0.4) is 0 Å². The van der Waals surface area contributed by atoms with Crippen molar-refractivity contribution in [1.29, 1.82) is 0 Å². The molecule has 0 aliphatic carbocycles. The highest BCUT2D eigenvalue weighted by Gasteiger charge is 2.16. The van der Waals surface area contributed by atoms with Crippen LogP contribution in [0.5, 0.6) is 0 Å². The van der Waals surface area contributed by atoms with Crippen molar-refractivity contribution in [3.63, 3.8) is 0 Å². The molecule has 0 aliphatic heterocycles. The first-order chi connectivity index (χ1) is 9.53. The number of hydrogen-bond acceptors (Lipinski definition) is 6. The zero-order valence-electron chi connectivity index (χ0n) is 12.1. The summed E-state index contributed by atoms with van der Waals surface area (Å²) < 4.78 is 0. The molecule has 6 nitrogen and oxygen atoms in total. The summed E-state index contributed by atoms with van der Waals surface area (Å²) in [5.74, 6) is 6.42. The predicted molar refractivity (Wildman–Crippen MR) is 84.8 cm³/mol. The van der Waals surface area contributed by atoms with Gasteiger partial charge in [0.2, 0.25) is 0 Å². The Hall–Kier alpha value is -1.31. The largest absolute Gasteiger partial charge is 0.318 e. The molecule has 0 spiro atoms. The Labute approximate surface area is 123 Å². The number of anilines is 1. The highest BCUT2D eigenvalue weighted by molar-refractivity contribution is 7.98. The minimum atomic E-state index is -0.439. The lowest BCUT2D eigenvalue weighted by Crippen LogP contribution is -2.32. The minimum absolute atomic E-state index is 0.00458. The van der Waals surface area contributed by atoms with Gasteiger partial charge in [-0.3, -0.25) is 20.9 Å².